The molecule has 1 aliphatic rings. The highest BCUT2D eigenvalue weighted by Crippen LogP contribution is 2.22. The van der Waals surface area contributed by atoms with E-state index in [0.717, 1.165) is 24.3 Å². The second kappa shape index (κ2) is 7.70. The molecule has 2 aromatic carbocycles. The molecule has 2 aromatic rings. The average Bonchev–Trinajstić information content (AvgIpc) is 3.16. The molecule has 0 spiro atoms. The molecule has 1 aliphatic heterocycles. The Morgan fingerprint density at radius 3 is 2.28 bits per heavy atom. The van der Waals surface area contributed by atoms with Gasteiger partial charge in [0.15, 0.2) is 0 Å². The fourth-order valence-electron chi connectivity index (χ4n) is 3.19. The SMILES string of the molecule is CC(C)(NCC(=O)Nc1ccc(N2CCCC2)cc1)c1ccccc1. The van der Waals surface area contributed by atoms with Gasteiger partial charge in [0.2, 0.25) is 5.91 Å². The average molecular weight is 337 g/mol. The lowest BCUT2D eigenvalue weighted by atomic mass is 9.94. The number of rotatable bonds is 6. The number of nitrogens with zero attached hydrogens (tertiary/aromatic N) is 1. The van der Waals surface area contributed by atoms with E-state index >= 15 is 0 Å². The van der Waals surface area contributed by atoms with Gasteiger partial charge in [-0.25, -0.2) is 0 Å². The number of nitrogens with one attached hydrogen (secondary N) is 2. The number of hydrogen-bond acceptors (Lipinski definition) is 3. The number of hydrogen-bond donors (Lipinski definition) is 2. The van der Waals surface area contributed by atoms with Crippen LogP contribution in [0.3, 0.4) is 0 Å². The lowest BCUT2D eigenvalue weighted by Gasteiger charge is -2.26. The van der Waals surface area contributed by atoms with Crippen LogP contribution in [0.5, 0.6) is 0 Å². The summed E-state index contributed by atoms with van der Waals surface area (Å²) in [6, 6.07) is 18.3. The molecule has 0 aromatic heterocycles. The highest BCUT2D eigenvalue weighted by atomic mass is 16.1. The van der Waals surface area contributed by atoms with Crippen molar-refractivity contribution in [2.45, 2.75) is 32.2 Å². The van der Waals surface area contributed by atoms with Gasteiger partial charge < -0.3 is 10.2 Å². The van der Waals surface area contributed by atoms with Crippen molar-refractivity contribution in [2.24, 2.45) is 0 Å². The first-order valence-corrected chi connectivity index (χ1v) is 9.00. The maximum absolute atomic E-state index is 12.2. The Kier molecular flexibility index (Phi) is 5.39. The van der Waals surface area contributed by atoms with Crippen molar-refractivity contribution >= 4 is 17.3 Å². The van der Waals surface area contributed by atoms with Gasteiger partial charge in [0.25, 0.3) is 0 Å². The van der Waals surface area contributed by atoms with E-state index in [0.29, 0.717) is 0 Å². The standard InChI is InChI=1S/C21H27N3O/c1-21(2,17-8-4-3-5-9-17)22-16-20(25)23-18-10-12-19(13-11-18)24-14-6-7-15-24/h3-5,8-13,22H,6-7,14-16H2,1-2H3,(H,23,25). The van der Waals surface area contributed by atoms with Crippen LogP contribution >= 0.6 is 0 Å². The van der Waals surface area contributed by atoms with Crippen LogP contribution in [-0.4, -0.2) is 25.5 Å². The first kappa shape index (κ1) is 17.5. The Labute approximate surface area is 150 Å². The number of carbonyl (C=O) groups is 1. The highest BCUT2D eigenvalue weighted by molar-refractivity contribution is 5.92. The predicted molar refractivity (Wildman–Crippen MR) is 104 cm³/mol. The van der Waals surface area contributed by atoms with Gasteiger partial charge in [0.1, 0.15) is 0 Å². The summed E-state index contributed by atoms with van der Waals surface area (Å²) in [5.74, 6) is -0.0297. The molecule has 1 saturated heterocycles. The third kappa shape index (κ3) is 4.60. The molecular weight excluding hydrogens is 310 g/mol. The van der Waals surface area contributed by atoms with Crippen LogP contribution in [0.4, 0.5) is 11.4 Å². The maximum Gasteiger partial charge on any atom is 0.238 e. The number of benzene rings is 2. The summed E-state index contributed by atoms with van der Waals surface area (Å²) in [4.78, 5) is 14.6. The maximum atomic E-state index is 12.2. The summed E-state index contributed by atoms with van der Waals surface area (Å²) in [5.41, 5.74) is 2.99. The zero-order valence-corrected chi connectivity index (χ0v) is 15.1. The van der Waals surface area contributed by atoms with Crippen molar-refractivity contribution in [1.82, 2.24) is 5.32 Å². The van der Waals surface area contributed by atoms with Crippen LogP contribution in [0.25, 0.3) is 0 Å². The fraction of sp³-hybridized carbons (Fsp3) is 0.381. The topological polar surface area (TPSA) is 44.4 Å². The van der Waals surface area contributed by atoms with E-state index in [4.69, 9.17) is 0 Å². The van der Waals surface area contributed by atoms with Crippen LogP contribution < -0.4 is 15.5 Å². The van der Waals surface area contributed by atoms with E-state index in [1.165, 1.54) is 18.5 Å². The van der Waals surface area contributed by atoms with Crippen LogP contribution in [-0.2, 0) is 10.3 Å². The summed E-state index contributed by atoms with van der Waals surface area (Å²) in [5, 5.41) is 6.29. The van der Waals surface area contributed by atoms with Gasteiger partial charge in [-0.15, -0.1) is 0 Å². The molecule has 0 atom stereocenters. The highest BCUT2D eigenvalue weighted by Gasteiger charge is 2.20. The number of carbonyl (C=O) groups excluding carboxylic acids is 1. The van der Waals surface area contributed by atoms with E-state index in [1.807, 2.05) is 30.3 Å². The minimum Gasteiger partial charge on any atom is -0.372 e. The minimum absolute atomic E-state index is 0.0297. The third-order valence-electron chi connectivity index (χ3n) is 4.81. The predicted octanol–water partition coefficient (Wildman–Crippen LogP) is 3.75. The molecular formula is C21H27N3O. The van der Waals surface area contributed by atoms with Gasteiger partial charge in [-0.05, 0) is 56.5 Å². The second-order valence-corrected chi connectivity index (χ2v) is 7.13. The summed E-state index contributed by atoms with van der Waals surface area (Å²) < 4.78 is 0. The Morgan fingerprint density at radius 2 is 1.64 bits per heavy atom. The van der Waals surface area contributed by atoms with Gasteiger partial charge in [-0.2, -0.15) is 0 Å². The molecule has 1 heterocycles. The van der Waals surface area contributed by atoms with Crippen molar-refractivity contribution in [3.05, 3.63) is 60.2 Å². The van der Waals surface area contributed by atoms with Crippen molar-refractivity contribution < 1.29 is 4.79 Å². The fourth-order valence-corrected chi connectivity index (χ4v) is 3.19. The Bertz CT molecular complexity index is 689. The van der Waals surface area contributed by atoms with Gasteiger partial charge in [-0.3, -0.25) is 10.1 Å². The normalized spacial score (nSPS) is 14.6. The summed E-state index contributed by atoms with van der Waals surface area (Å²) >= 11 is 0. The van der Waals surface area contributed by atoms with Gasteiger partial charge in [-0.1, -0.05) is 30.3 Å². The first-order valence-electron chi connectivity index (χ1n) is 9.00. The monoisotopic (exact) mass is 337 g/mol. The zero-order valence-electron chi connectivity index (χ0n) is 15.1. The van der Waals surface area contributed by atoms with Crippen LogP contribution in [0.2, 0.25) is 0 Å². The Hall–Kier alpha value is -2.33. The van der Waals surface area contributed by atoms with Crippen molar-refractivity contribution in [3.63, 3.8) is 0 Å². The van der Waals surface area contributed by atoms with E-state index in [9.17, 15) is 4.79 Å². The summed E-state index contributed by atoms with van der Waals surface area (Å²) in [6.07, 6.45) is 2.53. The summed E-state index contributed by atoms with van der Waals surface area (Å²) in [6.45, 7) is 6.70. The first-order chi connectivity index (χ1) is 12.0. The molecule has 0 aliphatic carbocycles. The number of amides is 1. The lowest BCUT2D eigenvalue weighted by Crippen LogP contribution is -2.41. The molecule has 1 amide bonds. The Balaban J connectivity index is 1.52. The van der Waals surface area contributed by atoms with Gasteiger partial charge in [0, 0.05) is 30.0 Å². The molecule has 0 unspecified atom stereocenters. The smallest absolute Gasteiger partial charge is 0.238 e. The molecule has 0 radical (unpaired) electrons. The number of anilines is 2. The molecule has 0 bridgehead atoms. The van der Waals surface area contributed by atoms with E-state index in [1.54, 1.807) is 0 Å². The molecule has 0 saturated carbocycles. The molecule has 2 N–H and O–H groups in total. The largest absolute Gasteiger partial charge is 0.372 e. The second-order valence-electron chi connectivity index (χ2n) is 7.13. The molecule has 3 rings (SSSR count). The van der Waals surface area contributed by atoms with Crippen LogP contribution in [0.1, 0.15) is 32.3 Å². The molecule has 132 valence electrons. The van der Waals surface area contributed by atoms with E-state index < -0.39 is 0 Å². The van der Waals surface area contributed by atoms with Gasteiger partial charge >= 0.3 is 0 Å². The molecule has 1 fully saturated rings. The quantitative estimate of drug-likeness (QED) is 0.844. The van der Waals surface area contributed by atoms with Gasteiger partial charge in [0.05, 0.1) is 6.54 Å². The third-order valence-corrected chi connectivity index (χ3v) is 4.81. The minimum atomic E-state index is -0.252. The van der Waals surface area contributed by atoms with E-state index in [-0.39, 0.29) is 18.0 Å². The summed E-state index contributed by atoms with van der Waals surface area (Å²) in [7, 11) is 0. The van der Waals surface area contributed by atoms with Crippen LogP contribution in [0, 0.1) is 0 Å². The molecule has 4 nitrogen and oxygen atoms in total. The van der Waals surface area contributed by atoms with Crippen LogP contribution in [0.15, 0.2) is 54.6 Å². The van der Waals surface area contributed by atoms with E-state index in [2.05, 4.69) is 53.6 Å². The van der Waals surface area contributed by atoms with Crippen molar-refractivity contribution in [1.29, 1.82) is 0 Å². The molecule has 25 heavy (non-hydrogen) atoms. The van der Waals surface area contributed by atoms with Crippen molar-refractivity contribution in [2.75, 3.05) is 29.9 Å². The lowest BCUT2D eigenvalue weighted by molar-refractivity contribution is -0.115. The zero-order chi connectivity index (χ0) is 17.7. The van der Waals surface area contributed by atoms with Crippen molar-refractivity contribution in [3.8, 4) is 0 Å². The Morgan fingerprint density at radius 1 is 1.00 bits per heavy atom. The molecule has 4 heteroatoms.